The highest BCUT2D eigenvalue weighted by Crippen LogP contribution is 2.33. The van der Waals surface area contributed by atoms with Gasteiger partial charge in [0.05, 0.1) is 6.61 Å². The summed E-state index contributed by atoms with van der Waals surface area (Å²) in [5, 5.41) is 12.1. The minimum Gasteiger partial charge on any atom is -0.462 e. The Morgan fingerprint density at radius 2 is 1.54 bits per heavy atom. The first-order valence-electron chi connectivity index (χ1n) is 15.0. The van der Waals surface area contributed by atoms with Gasteiger partial charge in [-0.05, 0) is 107 Å². The van der Waals surface area contributed by atoms with E-state index in [1.807, 2.05) is 0 Å². The predicted molar refractivity (Wildman–Crippen MR) is 172 cm³/mol. The van der Waals surface area contributed by atoms with Crippen molar-refractivity contribution in [2.24, 2.45) is 0 Å². The van der Waals surface area contributed by atoms with Crippen molar-refractivity contribution < 1.29 is 14.6 Å². The molecule has 0 bridgehead atoms. The highest BCUT2D eigenvalue weighted by atomic mass is 16.5. The van der Waals surface area contributed by atoms with E-state index in [2.05, 4.69) is 100 Å². The maximum absolute atomic E-state index is 11.9. The molecule has 0 spiro atoms. The van der Waals surface area contributed by atoms with Crippen LogP contribution in [-0.4, -0.2) is 24.3 Å². The fourth-order valence-corrected chi connectivity index (χ4v) is 5.56. The molecule has 0 saturated heterocycles. The van der Waals surface area contributed by atoms with E-state index < -0.39 is 5.97 Å². The van der Waals surface area contributed by atoms with Gasteiger partial charge in [0.2, 0.25) is 0 Å². The zero-order valence-electron chi connectivity index (χ0n) is 25.1. The Morgan fingerprint density at radius 1 is 0.854 bits per heavy atom. The van der Waals surface area contributed by atoms with Crippen LogP contribution in [0.3, 0.4) is 0 Å². The lowest BCUT2D eigenvalue weighted by atomic mass is 9.89. The van der Waals surface area contributed by atoms with Crippen molar-refractivity contribution in [1.29, 1.82) is 0 Å². The molecule has 1 atom stereocenters. The van der Waals surface area contributed by atoms with Crippen LogP contribution in [0.1, 0.15) is 74.6 Å². The summed E-state index contributed by atoms with van der Waals surface area (Å²) >= 11 is 0. The number of carbonyl (C=O) groups is 1. The lowest BCUT2D eigenvalue weighted by Gasteiger charge is -2.19. The largest absolute Gasteiger partial charge is 0.462 e. The molecule has 0 saturated carbocycles. The lowest BCUT2D eigenvalue weighted by molar-refractivity contribution is -0.139. The maximum atomic E-state index is 11.9. The normalized spacial score (nSPS) is 11.9. The number of aliphatic hydroxyl groups is 1. The fourth-order valence-electron chi connectivity index (χ4n) is 5.56. The number of aryl methyl sites for hydroxylation is 3. The summed E-state index contributed by atoms with van der Waals surface area (Å²) in [6.07, 6.45) is 6.36. The first-order chi connectivity index (χ1) is 19.8. The van der Waals surface area contributed by atoms with Gasteiger partial charge in [-0.2, -0.15) is 0 Å². The predicted octanol–water partition coefficient (Wildman–Crippen LogP) is 9.36. The molecular formula is C38H44O3. The topological polar surface area (TPSA) is 46.5 Å². The van der Waals surface area contributed by atoms with Crippen LogP contribution in [0.4, 0.5) is 0 Å². The van der Waals surface area contributed by atoms with E-state index in [1.165, 1.54) is 69.0 Å². The average molecular weight is 549 g/mol. The molecule has 0 radical (unpaired) electrons. The molecule has 0 aliphatic heterocycles. The third kappa shape index (κ3) is 7.54. The van der Waals surface area contributed by atoms with E-state index in [1.54, 1.807) is 6.92 Å². The van der Waals surface area contributed by atoms with E-state index in [9.17, 15) is 9.90 Å². The summed E-state index contributed by atoms with van der Waals surface area (Å²) in [6, 6.07) is 26.8. The highest BCUT2D eigenvalue weighted by Gasteiger charge is 2.17. The number of carbonyl (C=O) groups excluding carboxylic acids is 1. The highest BCUT2D eigenvalue weighted by molar-refractivity contribution is 5.91. The van der Waals surface area contributed by atoms with Crippen LogP contribution in [0.15, 0.2) is 84.9 Å². The van der Waals surface area contributed by atoms with Crippen LogP contribution in [0.2, 0.25) is 0 Å². The van der Waals surface area contributed by atoms with Crippen LogP contribution >= 0.6 is 0 Å². The van der Waals surface area contributed by atoms with Gasteiger partial charge in [0.1, 0.15) is 0 Å². The van der Waals surface area contributed by atoms with Crippen LogP contribution in [0.25, 0.3) is 33.0 Å². The number of esters is 1. The van der Waals surface area contributed by atoms with E-state index in [-0.39, 0.29) is 19.1 Å². The Bertz CT molecular complexity index is 1510. The molecule has 3 nitrogen and oxygen atoms in total. The number of hydrogen-bond donors (Lipinski definition) is 1. The van der Waals surface area contributed by atoms with Crippen LogP contribution in [-0.2, 0) is 22.4 Å². The summed E-state index contributed by atoms with van der Waals surface area (Å²) in [4.78, 5) is 11.9. The monoisotopic (exact) mass is 548 g/mol. The molecule has 41 heavy (non-hydrogen) atoms. The minimum absolute atomic E-state index is 0.0355. The molecule has 4 aromatic carbocycles. The standard InChI is InChI=1S/C38H44O3/c1-6-8-9-10-29-11-12-30(21-27(29)5)31-13-14-33-24-35(16-15-32(33)23-31)37-18-17-34(22-28(37)7-2)36(19-20-39)25-41-38(40)26(3)4/h11-18,21-24,36,39H,3,6-10,19-20,25H2,1-2,4-5H3. The van der Waals surface area contributed by atoms with Crippen molar-refractivity contribution in [1.82, 2.24) is 0 Å². The van der Waals surface area contributed by atoms with Crippen molar-refractivity contribution in [2.45, 2.75) is 72.1 Å². The molecule has 4 aromatic rings. The van der Waals surface area contributed by atoms with Gasteiger partial charge >= 0.3 is 5.97 Å². The molecule has 4 rings (SSSR count). The van der Waals surface area contributed by atoms with E-state index in [4.69, 9.17) is 4.74 Å². The van der Waals surface area contributed by atoms with Gasteiger partial charge in [0, 0.05) is 18.1 Å². The first kappa shape index (κ1) is 30.3. The van der Waals surface area contributed by atoms with Crippen molar-refractivity contribution >= 4 is 16.7 Å². The third-order valence-electron chi connectivity index (χ3n) is 8.10. The summed E-state index contributed by atoms with van der Waals surface area (Å²) in [5.74, 6) is -0.458. The second-order valence-electron chi connectivity index (χ2n) is 11.2. The summed E-state index contributed by atoms with van der Waals surface area (Å²) in [7, 11) is 0. The van der Waals surface area contributed by atoms with Crippen LogP contribution in [0.5, 0.6) is 0 Å². The van der Waals surface area contributed by atoms with Crippen LogP contribution < -0.4 is 0 Å². The van der Waals surface area contributed by atoms with Gasteiger partial charge in [-0.3, -0.25) is 0 Å². The van der Waals surface area contributed by atoms with Gasteiger partial charge < -0.3 is 9.84 Å². The molecule has 1 unspecified atom stereocenters. The third-order valence-corrected chi connectivity index (χ3v) is 8.10. The molecule has 0 amide bonds. The van der Waals surface area contributed by atoms with Crippen molar-refractivity contribution in [3.05, 3.63) is 107 Å². The summed E-state index contributed by atoms with van der Waals surface area (Å²) < 4.78 is 5.43. The zero-order valence-corrected chi connectivity index (χ0v) is 25.1. The zero-order chi connectivity index (χ0) is 29.4. The van der Waals surface area contributed by atoms with Crippen LogP contribution in [0, 0.1) is 6.92 Å². The number of fused-ring (bicyclic) bond motifs is 1. The molecule has 3 heteroatoms. The Morgan fingerprint density at radius 3 is 2.20 bits per heavy atom. The van der Waals surface area contributed by atoms with Crippen molar-refractivity contribution in [2.75, 3.05) is 13.2 Å². The second-order valence-corrected chi connectivity index (χ2v) is 11.2. The molecule has 1 N–H and O–H groups in total. The molecule has 0 heterocycles. The summed E-state index contributed by atoms with van der Waals surface area (Å²) in [6.45, 7) is 12.2. The number of benzene rings is 4. The first-order valence-corrected chi connectivity index (χ1v) is 15.0. The maximum Gasteiger partial charge on any atom is 0.333 e. The molecule has 0 aliphatic carbocycles. The molecular weight excluding hydrogens is 504 g/mol. The Labute approximate surface area is 245 Å². The number of hydrogen-bond acceptors (Lipinski definition) is 3. The Balaban J connectivity index is 1.57. The summed E-state index contributed by atoms with van der Waals surface area (Å²) in [5.41, 5.74) is 10.4. The smallest absolute Gasteiger partial charge is 0.333 e. The lowest BCUT2D eigenvalue weighted by Crippen LogP contribution is -2.15. The number of aliphatic hydroxyl groups excluding tert-OH is 1. The number of unbranched alkanes of at least 4 members (excludes halogenated alkanes) is 2. The van der Waals surface area contributed by atoms with Crippen molar-refractivity contribution in [3.8, 4) is 22.3 Å². The molecule has 0 aliphatic rings. The minimum atomic E-state index is -0.394. The Hall–Kier alpha value is -3.69. The quantitative estimate of drug-likeness (QED) is 0.103. The Kier molecular flexibility index (Phi) is 10.5. The van der Waals surface area contributed by atoms with Gasteiger partial charge in [0.25, 0.3) is 0 Å². The SMILES string of the molecule is C=C(C)C(=O)OCC(CCO)c1ccc(-c2ccc3cc(-c4ccc(CCCCC)c(C)c4)ccc3c2)c(CC)c1. The fraction of sp³-hybridized carbons (Fsp3) is 0.342. The number of ether oxygens (including phenoxy) is 1. The van der Waals surface area contributed by atoms with E-state index in [0.29, 0.717) is 12.0 Å². The molecule has 0 aromatic heterocycles. The van der Waals surface area contributed by atoms with E-state index in [0.717, 1.165) is 18.4 Å². The van der Waals surface area contributed by atoms with Gasteiger partial charge in [-0.1, -0.05) is 93.9 Å². The second kappa shape index (κ2) is 14.3. The van der Waals surface area contributed by atoms with E-state index >= 15 is 0 Å². The van der Waals surface area contributed by atoms with Gasteiger partial charge in [-0.15, -0.1) is 0 Å². The number of rotatable bonds is 13. The molecule has 214 valence electrons. The van der Waals surface area contributed by atoms with Crippen molar-refractivity contribution in [3.63, 3.8) is 0 Å². The van der Waals surface area contributed by atoms with Gasteiger partial charge in [0.15, 0.2) is 0 Å². The average Bonchev–Trinajstić information content (AvgIpc) is 2.99. The van der Waals surface area contributed by atoms with Gasteiger partial charge in [-0.25, -0.2) is 4.79 Å². The molecule has 0 fully saturated rings.